The molecule has 3 heterocycles. The fraction of sp³-hybridized carbons (Fsp3) is 0.241. The monoisotopic (exact) mass is 557 g/mol. The summed E-state index contributed by atoms with van der Waals surface area (Å²) in [6.45, 7) is 1.89. The molecule has 1 aliphatic carbocycles. The number of amides is 2. The standard InChI is InChI=1S/C29H24FN5O6/c1-14-18-5-6-22(20(18)4-3-19(14)29(39)40)34-28(38)24-10-23(33-26-21(30)12-32-35(24)26)27(37)31-11-15-2-7-25-16(8-15)9-17(36)13-41-25/h2-4,7-8,10,12,22H,5-6,9,11,13H2,1H3,(H,31,37)(H,34,38)(H,39,40)/t22-/m0/s1. The smallest absolute Gasteiger partial charge is 0.335 e. The van der Waals surface area contributed by atoms with Crippen LogP contribution in [0.15, 0.2) is 42.6 Å². The van der Waals surface area contributed by atoms with Crippen LogP contribution in [0.2, 0.25) is 0 Å². The number of carboxylic acids is 1. The molecule has 0 saturated heterocycles. The van der Waals surface area contributed by atoms with E-state index < -0.39 is 29.6 Å². The van der Waals surface area contributed by atoms with Crippen LogP contribution in [0.1, 0.15) is 71.6 Å². The summed E-state index contributed by atoms with van der Waals surface area (Å²) >= 11 is 0. The van der Waals surface area contributed by atoms with Crippen LogP contribution in [-0.2, 0) is 24.2 Å². The Labute approximate surface area is 232 Å². The average molecular weight is 558 g/mol. The van der Waals surface area contributed by atoms with Gasteiger partial charge >= 0.3 is 5.97 Å². The number of aromatic carboxylic acids is 1. The minimum Gasteiger partial charge on any atom is -0.486 e. The Morgan fingerprint density at radius 3 is 2.80 bits per heavy atom. The van der Waals surface area contributed by atoms with Gasteiger partial charge in [-0.3, -0.25) is 14.4 Å². The van der Waals surface area contributed by atoms with Gasteiger partial charge in [-0.2, -0.15) is 5.10 Å². The van der Waals surface area contributed by atoms with Crippen molar-refractivity contribution in [1.29, 1.82) is 0 Å². The highest BCUT2D eigenvalue weighted by Crippen LogP contribution is 2.35. The summed E-state index contributed by atoms with van der Waals surface area (Å²) in [5, 5.41) is 19.0. The second kappa shape index (κ2) is 10.1. The van der Waals surface area contributed by atoms with Gasteiger partial charge in [-0.05, 0) is 60.2 Å². The molecule has 2 aromatic heterocycles. The third-order valence-electron chi connectivity index (χ3n) is 7.48. The number of nitrogens with zero attached hydrogens (tertiary/aromatic N) is 3. The first-order chi connectivity index (χ1) is 19.7. The summed E-state index contributed by atoms with van der Waals surface area (Å²) in [6.07, 6.45) is 2.31. The van der Waals surface area contributed by atoms with Crippen LogP contribution < -0.4 is 15.4 Å². The maximum absolute atomic E-state index is 14.5. The van der Waals surface area contributed by atoms with E-state index in [9.17, 15) is 28.7 Å². The van der Waals surface area contributed by atoms with Crippen molar-refractivity contribution >= 4 is 29.2 Å². The highest BCUT2D eigenvalue weighted by Gasteiger charge is 2.29. The quantitative estimate of drug-likeness (QED) is 0.327. The number of carboxylic acid groups (broad SMARTS) is 1. The van der Waals surface area contributed by atoms with Gasteiger partial charge in [-0.25, -0.2) is 18.7 Å². The molecule has 6 rings (SSSR count). The molecule has 2 aromatic carbocycles. The van der Waals surface area contributed by atoms with E-state index in [1.807, 2.05) is 0 Å². The van der Waals surface area contributed by atoms with Crippen molar-refractivity contribution in [2.75, 3.05) is 6.61 Å². The average Bonchev–Trinajstić information content (AvgIpc) is 3.54. The summed E-state index contributed by atoms with van der Waals surface area (Å²) in [4.78, 5) is 53.8. The first-order valence-electron chi connectivity index (χ1n) is 12.9. The highest BCUT2D eigenvalue weighted by atomic mass is 19.1. The summed E-state index contributed by atoms with van der Waals surface area (Å²) in [5.41, 5.74) is 3.48. The van der Waals surface area contributed by atoms with E-state index in [0.717, 1.165) is 33.0 Å². The number of carbonyl (C=O) groups excluding carboxylic acids is 3. The second-order valence-electron chi connectivity index (χ2n) is 10.1. The predicted molar refractivity (Wildman–Crippen MR) is 141 cm³/mol. The first-order valence-corrected chi connectivity index (χ1v) is 12.9. The van der Waals surface area contributed by atoms with E-state index in [0.29, 0.717) is 24.2 Å². The lowest BCUT2D eigenvalue weighted by Crippen LogP contribution is -2.31. The first kappa shape index (κ1) is 26.1. The van der Waals surface area contributed by atoms with Crippen LogP contribution in [0.4, 0.5) is 4.39 Å². The number of fused-ring (bicyclic) bond motifs is 3. The van der Waals surface area contributed by atoms with Gasteiger partial charge in [0, 0.05) is 24.6 Å². The van der Waals surface area contributed by atoms with Gasteiger partial charge < -0.3 is 20.5 Å². The van der Waals surface area contributed by atoms with Crippen LogP contribution in [0.25, 0.3) is 5.65 Å². The summed E-state index contributed by atoms with van der Waals surface area (Å²) in [5.74, 6) is -2.44. The second-order valence-corrected chi connectivity index (χ2v) is 10.1. The third-order valence-corrected chi connectivity index (χ3v) is 7.48. The number of hydrogen-bond donors (Lipinski definition) is 3. The van der Waals surface area contributed by atoms with Gasteiger partial charge in [0.15, 0.2) is 17.2 Å². The Morgan fingerprint density at radius 2 is 2.00 bits per heavy atom. The summed E-state index contributed by atoms with van der Waals surface area (Å²) < 4.78 is 21.0. The van der Waals surface area contributed by atoms with Crippen LogP contribution >= 0.6 is 0 Å². The number of ketones is 1. The van der Waals surface area contributed by atoms with Gasteiger partial charge in [0.25, 0.3) is 11.8 Å². The molecule has 0 unspecified atom stereocenters. The van der Waals surface area contributed by atoms with Crippen molar-refractivity contribution in [3.8, 4) is 5.75 Å². The minimum atomic E-state index is -1.01. The number of halogens is 1. The number of nitrogens with one attached hydrogen (secondary N) is 2. The van der Waals surface area contributed by atoms with Gasteiger partial charge in [0.05, 0.1) is 17.8 Å². The van der Waals surface area contributed by atoms with Crippen LogP contribution in [0, 0.1) is 12.7 Å². The zero-order chi connectivity index (χ0) is 28.8. The van der Waals surface area contributed by atoms with E-state index in [1.54, 1.807) is 31.2 Å². The van der Waals surface area contributed by atoms with Crippen molar-refractivity contribution < 1.29 is 33.4 Å². The molecule has 0 fully saturated rings. The van der Waals surface area contributed by atoms with Crippen molar-refractivity contribution in [1.82, 2.24) is 25.2 Å². The highest BCUT2D eigenvalue weighted by molar-refractivity contribution is 5.98. The number of benzene rings is 2. The molecular formula is C29H24FN5O6. The molecule has 0 bridgehead atoms. The van der Waals surface area contributed by atoms with E-state index in [4.69, 9.17) is 4.74 Å². The number of hydrogen-bond acceptors (Lipinski definition) is 7. The Balaban J connectivity index is 1.23. The fourth-order valence-electron chi connectivity index (χ4n) is 5.42. The summed E-state index contributed by atoms with van der Waals surface area (Å²) in [7, 11) is 0. The van der Waals surface area contributed by atoms with Gasteiger partial charge in [0.2, 0.25) is 0 Å². The Kier molecular flexibility index (Phi) is 6.45. The lowest BCUT2D eigenvalue weighted by atomic mass is 9.98. The predicted octanol–water partition coefficient (Wildman–Crippen LogP) is 2.73. The lowest BCUT2D eigenvalue weighted by Gasteiger charge is -2.17. The van der Waals surface area contributed by atoms with E-state index in [2.05, 4.69) is 20.7 Å². The summed E-state index contributed by atoms with van der Waals surface area (Å²) in [6, 6.07) is 9.34. The topological polar surface area (TPSA) is 152 Å². The Morgan fingerprint density at radius 1 is 1.17 bits per heavy atom. The van der Waals surface area contributed by atoms with Gasteiger partial charge in [0.1, 0.15) is 23.7 Å². The molecule has 0 radical (unpaired) electrons. The largest absolute Gasteiger partial charge is 0.486 e. The van der Waals surface area contributed by atoms with Gasteiger partial charge in [-0.1, -0.05) is 12.1 Å². The molecule has 1 aliphatic heterocycles. The zero-order valence-corrected chi connectivity index (χ0v) is 21.9. The third kappa shape index (κ3) is 4.77. The van der Waals surface area contributed by atoms with Crippen LogP contribution in [-0.4, -0.2) is 49.9 Å². The van der Waals surface area contributed by atoms with Crippen LogP contribution in [0.3, 0.4) is 0 Å². The molecule has 0 saturated carbocycles. The number of rotatable bonds is 6. The molecule has 208 valence electrons. The molecule has 2 aliphatic rings. The molecule has 2 amide bonds. The molecular weight excluding hydrogens is 533 g/mol. The molecule has 1 atom stereocenters. The Bertz CT molecular complexity index is 1780. The maximum atomic E-state index is 14.5. The molecule has 4 aromatic rings. The molecule has 3 N–H and O–H groups in total. The van der Waals surface area contributed by atoms with Crippen molar-refractivity contribution in [3.63, 3.8) is 0 Å². The van der Waals surface area contributed by atoms with Crippen molar-refractivity contribution in [2.45, 2.75) is 38.8 Å². The lowest BCUT2D eigenvalue weighted by molar-refractivity contribution is -0.121. The zero-order valence-electron chi connectivity index (χ0n) is 21.9. The molecule has 11 nitrogen and oxygen atoms in total. The van der Waals surface area contributed by atoms with Crippen LogP contribution in [0.5, 0.6) is 5.75 Å². The van der Waals surface area contributed by atoms with Crippen molar-refractivity contribution in [2.24, 2.45) is 0 Å². The normalized spacial score (nSPS) is 15.7. The van der Waals surface area contributed by atoms with Gasteiger partial charge in [-0.15, -0.1) is 0 Å². The molecule has 0 spiro atoms. The molecule has 41 heavy (non-hydrogen) atoms. The number of ether oxygens (including phenoxy) is 1. The van der Waals surface area contributed by atoms with E-state index in [1.165, 1.54) is 12.1 Å². The fourth-order valence-corrected chi connectivity index (χ4v) is 5.42. The van der Waals surface area contributed by atoms with E-state index >= 15 is 0 Å². The maximum Gasteiger partial charge on any atom is 0.335 e. The number of aromatic nitrogens is 3. The number of Topliss-reactive ketones (excluding diaryl/α,β-unsaturated/α-hetero) is 1. The number of carbonyl (C=O) groups is 4. The van der Waals surface area contributed by atoms with Crippen molar-refractivity contribution in [3.05, 3.63) is 93.2 Å². The van der Waals surface area contributed by atoms with E-state index in [-0.39, 0.29) is 48.0 Å². The Hall–Kier alpha value is -5.13. The molecule has 12 heteroatoms. The SMILES string of the molecule is Cc1c(C(=O)O)ccc2c1CC[C@@H]2NC(=O)c1cc(C(=O)NCc2ccc3c(c2)CC(=O)CO3)nc2c(F)cnn12. The minimum absolute atomic E-state index is 0.0361.